The minimum absolute atomic E-state index is 0.130. The van der Waals surface area contributed by atoms with Crippen LogP contribution in [0.25, 0.3) is 0 Å². The molecule has 2 heterocycles. The number of nitrogens with zero attached hydrogens (tertiary/aromatic N) is 1. The summed E-state index contributed by atoms with van der Waals surface area (Å²) >= 11 is 0. The molecule has 1 aliphatic heterocycles. The molecule has 17 heavy (non-hydrogen) atoms. The van der Waals surface area contributed by atoms with Gasteiger partial charge in [0.05, 0.1) is 6.10 Å². The van der Waals surface area contributed by atoms with Gasteiger partial charge in [0.1, 0.15) is 0 Å². The molecule has 2 unspecified atom stereocenters. The number of aryl methyl sites for hydroxylation is 1. The first kappa shape index (κ1) is 12.5. The standard InChI is InChI=1S/C13H21N3O/c1-10-6-11(9-15-8-10)13(16-14)7-12-4-2-3-5-17-12/h6,8-9,12-13,16H,2-5,7,14H2,1H3. The molecule has 4 nitrogen and oxygen atoms in total. The molecule has 1 aromatic heterocycles. The van der Waals surface area contributed by atoms with Crippen LogP contribution in [0.5, 0.6) is 0 Å². The lowest BCUT2D eigenvalue weighted by molar-refractivity contribution is 0.00500. The summed E-state index contributed by atoms with van der Waals surface area (Å²) in [6.45, 7) is 2.93. The van der Waals surface area contributed by atoms with E-state index < -0.39 is 0 Å². The Hall–Kier alpha value is -0.970. The van der Waals surface area contributed by atoms with Crippen LogP contribution in [0.3, 0.4) is 0 Å². The molecule has 94 valence electrons. The van der Waals surface area contributed by atoms with E-state index in [-0.39, 0.29) is 6.04 Å². The largest absolute Gasteiger partial charge is 0.378 e. The van der Waals surface area contributed by atoms with Crippen LogP contribution in [-0.2, 0) is 4.74 Å². The normalized spacial score (nSPS) is 22.4. The van der Waals surface area contributed by atoms with E-state index in [4.69, 9.17) is 10.6 Å². The third-order valence-electron chi connectivity index (χ3n) is 3.27. The molecule has 0 spiro atoms. The quantitative estimate of drug-likeness (QED) is 0.617. The summed E-state index contributed by atoms with van der Waals surface area (Å²) < 4.78 is 5.75. The Morgan fingerprint density at radius 2 is 2.41 bits per heavy atom. The topological polar surface area (TPSA) is 60.2 Å². The van der Waals surface area contributed by atoms with Gasteiger partial charge in [0.2, 0.25) is 0 Å². The van der Waals surface area contributed by atoms with Crippen LogP contribution in [0.1, 0.15) is 42.9 Å². The summed E-state index contributed by atoms with van der Waals surface area (Å²) in [5, 5.41) is 0. The number of hydrazine groups is 1. The smallest absolute Gasteiger partial charge is 0.0593 e. The summed E-state index contributed by atoms with van der Waals surface area (Å²) in [4.78, 5) is 4.21. The van der Waals surface area contributed by atoms with Crippen molar-refractivity contribution in [3.8, 4) is 0 Å². The minimum Gasteiger partial charge on any atom is -0.378 e. The van der Waals surface area contributed by atoms with Gasteiger partial charge >= 0.3 is 0 Å². The van der Waals surface area contributed by atoms with Crippen molar-refractivity contribution in [2.24, 2.45) is 5.84 Å². The van der Waals surface area contributed by atoms with E-state index in [1.165, 1.54) is 12.8 Å². The zero-order chi connectivity index (χ0) is 12.1. The van der Waals surface area contributed by atoms with Crippen LogP contribution in [0.2, 0.25) is 0 Å². The third-order valence-corrected chi connectivity index (χ3v) is 3.27. The zero-order valence-corrected chi connectivity index (χ0v) is 10.4. The number of ether oxygens (including phenoxy) is 1. The highest BCUT2D eigenvalue weighted by molar-refractivity contribution is 5.20. The maximum Gasteiger partial charge on any atom is 0.0593 e. The van der Waals surface area contributed by atoms with Crippen LogP contribution in [0.15, 0.2) is 18.5 Å². The van der Waals surface area contributed by atoms with Crippen molar-refractivity contribution in [3.05, 3.63) is 29.6 Å². The Kier molecular flexibility index (Phi) is 4.48. The first-order chi connectivity index (χ1) is 8.29. The summed E-state index contributed by atoms with van der Waals surface area (Å²) in [6, 6.07) is 2.26. The van der Waals surface area contributed by atoms with Gasteiger partial charge in [0.25, 0.3) is 0 Å². The number of rotatable bonds is 4. The van der Waals surface area contributed by atoms with Gasteiger partial charge in [0, 0.05) is 25.0 Å². The summed E-state index contributed by atoms with van der Waals surface area (Å²) in [5.74, 6) is 5.64. The predicted octanol–water partition coefficient (Wildman–Crippen LogP) is 1.85. The first-order valence-corrected chi connectivity index (χ1v) is 6.29. The van der Waals surface area contributed by atoms with Gasteiger partial charge in [-0.15, -0.1) is 0 Å². The van der Waals surface area contributed by atoms with E-state index >= 15 is 0 Å². The van der Waals surface area contributed by atoms with Gasteiger partial charge < -0.3 is 4.74 Å². The van der Waals surface area contributed by atoms with Crippen molar-refractivity contribution >= 4 is 0 Å². The number of nitrogens with two attached hydrogens (primary N) is 1. The maximum absolute atomic E-state index is 5.75. The highest BCUT2D eigenvalue weighted by Gasteiger charge is 2.20. The van der Waals surface area contributed by atoms with Crippen LogP contribution >= 0.6 is 0 Å². The lowest BCUT2D eigenvalue weighted by Crippen LogP contribution is -2.33. The molecule has 0 aromatic carbocycles. The van der Waals surface area contributed by atoms with Crippen molar-refractivity contribution in [1.82, 2.24) is 10.4 Å². The van der Waals surface area contributed by atoms with Gasteiger partial charge in [-0.1, -0.05) is 6.07 Å². The molecule has 0 aliphatic carbocycles. The SMILES string of the molecule is Cc1cncc(C(CC2CCCCO2)NN)c1. The Balaban J connectivity index is 2.00. The molecular weight excluding hydrogens is 214 g/mol. The summed E-state index contributed by atoms with van der Waals surface area (Å²) in [5.41, 5.74) is 5.17. The second kappa shape index (κ2) is 6.10. The Labute approximate surface area is 103 Å². The van der Waals surface area contributed by atoms with E-state index in [9.17, 15) is 0 Å². The highest BCUT2D eigenvalue weighted by atomic mass is 16.5. The number of hydrogen-bond donors (Lipinski definition) is 2. The average Bonchev–Trinajstić information content (AvgIpc) is 2.37. The maximum atomic E-state index is 5.75. The van der Waals surface area contributed by atoms with Crippen molar-refractivity contribution in [1.29, 1.82) is 0 Å². The van der Waals surface area contributed by atoms with Crippen molar-refractivity contribution in [2.75, 3.05) is 6.61 Å². The second-order valence-corrected chi connectivity index (χ2v) is 4.74. The van der Waals surface area contributed by atoms with Crippen LogP contribution in [-0.4, -0.2) is 17.7 Å². The van der Waals surface area contributed by atoms with Gasteiger partial charge in [-0.05, 0) is 43.7 Å². The molecular formula is C13H21N3O. The summed E-state index contributed by atoms with van der Waals surface area (Å²) in [7, 11) is 0. The summed E-state index contributed by atoms with van der Waals surface area (Å²) in [6.07, 6.45) is 8.55. The van der Waals surface area contributed by atoms with E-state index in [0.717, 1.165) is 30.6 Å². The monoisotopic (exact) mass is 235 g/mol. The van der Waals surface area contributed by atoms with E-state index in [1.54, 1.807) is 0 Å². The van der Waals surface area contributed by atoms with Crippen molar-refractivity contribution in [2.45, 2.75) is 44.8 Å². The van der Waals surface area contributed by atoms with Gasteiger partial charge in [-0.3, -0.25) is 16.3 Å². The minimum atomic E-state index is 0.130. The number of aromatic nitrogens is 1. The molecule has 0 bridgehead atoms. The number of nitrogens with one attached hydrogen (secondary N) is 1. The van der Waals surface area contributed by atoms with E-state index in [1.807, 2.05) is 19.3 Å². The Morgan fingerprint density at radius 3 is 3.06 bits per heavy atom. The Morgan fingerprint density at radius 1 is 1.53 bits per heavy atom. The highest BCUT2D eigenvalue weighted by Crippen LogP contribution is 2.24. The number of hydrogen-bond acceptors (Lipinski definition) is 4. The van der Waals surface area contributed by atoms with Gasteiger partial charge in [-0.2, -0.15) is 0 Å². The molecule has 1 aliphatic rings. The molecule has 4 heteroatoms. The fourth-order valence-corrected chi connectivity index (χ4v) is 2.33. The Bertz CT molecular complexity index is 350. The average molecular weight is 235 g/mol. The van der Waals surface area contributed by atoms with E-state index in [2.05, 4.69) is 16.5 Å². The molecule has 0 saturated carbocycles. The molecule has 1 fully saturated rings. The lowest BCUT2D eigenvalue weighted by Gasteiger charge is -2.26. The molecule has 2 rings (SSSR count). The van der Waals surface area contributed by atoms with Crippen molar-refractivity contribution in [3.63, 3.8) is 0 Å². The molecule has 2 atom stereocenters. The molecule has 3 N–H and O–H groups in total. The lowest BCUT2D eigenvalue weighted by atomic mass is 9.97. The number of pyridine rings is 1. The molecule has 0 amide bonds. The van der Waals surface area contributed by atoms with Crippen LogP contribution in [0.4, 0.5) is 0 Å². The zero-order valence-electron chi connectivity index (χ0n) is 10.4. The first-order valence-electron chi connectivity index (χ1n) is 6.29. The predicted molar refractivity (Wildman–Crippen MR) is 67.2 cm³/mol. The molecule has 1 aromatic rings. The van der Waals surface area contributed by atoms with Gasteiger partial charge in [0.15, 0.2) is 0 Å². The fraction of sp³-hybridized carbons (Fsp3) is 0.615. The van der Waals surface area contributed by atoms with Gasteiger partial charge in [-0.25, -0.2) is 0 Å². The third kappa shape index (κ3) is 3.49. The molecule has 0 radical (unpaired) electrons. The van der Waals surface area contributed by atoms with Crippen LogP contribution < -0.4 is 11.3 Å². The van der Waals surface area contributed by atoms with E-state index in [0.29, 0.717) is 6.10 Å². The van der Waals surface area contributed by atoms with Crippen molar-refractivity contribution < 1.29 is 4.74 Å². The second-order valence-electron chi connectivity index (χ2n) is 4.74. The molecule has 1 saturated heterocycles. The van der Waals surface area contributed by atoms with Crippen LogP contribution in [0, 0.1) is 6.92 Å². The fourth-order valence-electron chi connectivity index (χ4n) is 2.33.